The van der Waals surface area contributed by atoms with Gasteiger partial charge in [-0.15, -0.1) is 0 Å². The lowest BCUT2D eigenvalue weighted by atomic mass is 10.2. The van der Waals surface area contributed by atoms with Gasteiger partial charge in [0.15, 0.2) is 0 Å². The van der Waals surface area contributed by atoms with Crippen molar-refractivity contribution < 1.29 is 0 Å². The molecule has 0 saturated heterocycles. The minimum atomic E-state index is -0.0726. The highest BCUT2D eigenvalue weighted by molar-refractivity contribution is 6.35. The summed E-state index contributed by atoms with van der Waals surface area (Å²) in [6, 6.07) is 10.8. The van der Waals surface area contributed by atoms with E-state index in [2.05, 4.69) is 9.88 Å². The number of hydrogen-bond donors (Lipinski definition) is 0. The van der Waals surface area contributed by atoms with Gasteiger partial charge < -0.3 is 0 Å². The molecule has 24 heavy (non-hydrogen) atoms. The Morgan fingerprint density at radius 2 is 1.92 bits per heavy atom. The monoisotopic (exact) mass is 361 g/mol. The van der Waals surface area contributed by atoms with Crippen molar-refractivity contribution in [3.8, 4) is 0 Å². The fraction of sp³-hybridized carbons (Fsp3) is 0.222. The van der Waals surface area contributed by atoms with Crippen LogP contribution in [0.25, 0.3) is 5.65 Å². The number of halogens is 2. The van der Waals surface area contributed by atoms with E-state index in [0.29, 0.717) is 28.8 Å². The molecule has 3 rings (SSSR count). The third kappa shape index (κ3) is 3.78. The SMILES string of the molecule is Cc1ccc2nc(CN(C)Cc3ccc(Cl)cc3Cl)cc(=O)n2c1. The highest BCUT2D eigenvalue weighted by atomic mass is 35.5. The number of aryl methyl sites for hydroxylation is 1. The van der Waals surface area contributed by atoms with Crippen LogP contribution in [0.1, 0.15) is 16.8 Å². The zero-order valence-corrected chi connectivity index (χ0v) is 15.0. The molecule has 0 radical (unpaired) electrons. The summed E-state index contributed by atoms with van der Waals surface area (Å²) in [6.07, 6.45) is 1.80. The minimum Gasteiger partial charge on any atom is -0.296 e. The number of benzene rings is 1. The van der Waals surface area contributed by atoms with Gasteiger partial charge in [0, 0.05) is 35.4 Å². The quantitative estimate of drug-likeness (QED) is 0.706. The maximum absolute atomic E-state index is 12.3. The normalized spacial score (nSPS) is 11.4. The van der Waals surface area contributed by atoms with Crippen LogP contribution in [0.4, 0.5) is 0 Å². The van der Waals surface area contributed by atoms with Gasteiger partial charge in [-0.25, -0.2) is 4.98 Å². The second-order valence-corrected chi connectivity index (χ2v) is 6.77. The third-order valence-corrected chi connectivity index (χ3v) is 4.33. The standard InChI is InChI=1S/C18H17Cl2N3O/c1-12-3-6-17-21-15(8-18(24)23(17)9-12)11-22(2)10-13-4-5-14(19)7-16(13)20/h3-9H,10-11H2,1-2H3. The van der Waals surface area contributed by atoms with Gasteiger partial charge in [0.05, 0.1) is 5.69 Å². The molecule has 0 spiro atoms. The Labute approximate surface area is 150 Å². The van der Waals surface area contributed by atoms with E-state index in [9.17, 15) is 4.79 Å². The van der Waals surface area contributed by atoms with Crippen molar-refractivity contribution in [1.29, 1.82) is 0 Å². The predicted molar refractivity (Wildman–Crippen MR) is 97.8 cm³/mol. The maximum atomic E-state index is 12.3. The molecule has 2 heterocycles. The lowest BCUT2D eigenvalue weighted by Gasteiger charge is -2.17. The van der Waals surface area contributed by atoms with Crippen molar-refractivity contribution in [2.75, 3.05) is 7.05 Å². The number of pyridine rings is 1. The lowest BCUT2D eigenvalue weighted by Crippen LogP contribution is -2.22. The maximum Gasteiger partial charge on any atom is 0.258 e. The first-order valence-corrected chi connectivity index (χ1v) is 8.29. The molecular formula is C18H17Cl2N3O. The molecule has 0 saturated carbocycles. The molecule has 0 aliphatic rings. The summed E-state index contributed by atoms with van der Waals surface area (Å²) in [6.45, 7) is 3.15. The van der Waals surface area contributed by atoms with Crippen LogP contribution in [0.3, 0.4) is 0 Å². The van der Waals surface area contributed by atoms with E-state index in [4.69, 9.17) is 23.2 Å². The molecule has 1 aromatic carbocycles. The van der Waals surface area contributed by atoms with Crippen LogP contribution in [0.5, 0.6) is 0 Å². The summed E-state index contributed by atoms with van der Waals surface area (Å²) in [5.74, 6) is 0. The van der Waals surface area contributed by atoms with Crippen molar-refractivity contribution in [1.82, 2.24) is 14.3 Å². The van der Waals surface area contributed by atoms with Gasteiger partial charge in [0.2, 0.25) is 0 Å². The summed E-state index contributed by atoms with van der Waals surface area (Å²) in [5, 5.41) is 1.25. The first-order valence-electron chi connectivity index (χ1n) is 7.54. The molecule has 0 fully saturated rings. The molecule has 0 bridgehead atoms. The zero-order valence-electron chi connectivity index (χ0n) is 13.5. The smallest absolute Gasteiger partial charge is 0.258 e. The van der Waals surface area contributed by atoms with Gasteiger partial charge in [-0.1, -0.05) is 35.3 Å². The average molecular weight is 362 g/mol. The van der Waals surface area contributed by atoms with Gasteiger partial charge in [-0.3, -0.25) is 14.1 Å². The fourth-order valence-electron chi connectivity index (χ4n) is 2.61. The van der Waals surface area contributed by atoms with Gasteiger partial charge in [-0.05, 0) is 43.3 Å². The largest absolute Gasteiger partial charge is 0.296 e. The van der Waals surface area contributed by atoms with Crippen molar-refractivity contribution in [3.63, 3.8) is 0 Å². The summed E-state index contributed by atoms with van der Waals surface area (Å²) < 4.78 is 1.56. The number of aromatic nitrogens is 2. The van der Waals surface area contributed by atoms with E-state index in [1.54, 1.807) is 22.7 Å². The highest BCUT2D eigenvalue weighted by Crippen LogP contribution is 2.22. The van der Waals surface area contributed by atoms with E-state index < -0.39 is 0 Å². The zero-order chi connectivity index (χ0) is 17.3. The number of hydrogen-bond acceptors (Lipinski definition) is 3. The van der Waals surface area contributed by atoms with Crippen LogP contribution < -0.4 is 5.56 Å². The van der Waals surface area contributed by atoms with Crippen LogP contribution >= 0.6 is 23.2 Å². The molecule has 0 N–H and O–H groups in total. The Morgan fingerprint density at radius 3 is 2.67 bits per heavy atom. The molecule has 124 valence electrons. The minimum absolute atomic E-state index is 0.0726. The van der Waals surface area contributed by atoms with E-state index in [-0.39, 0.29) is 5.56 Å². The third-order valence-electron chi connectivity index (χ3n) is 3.75. The molecule has 0 unspecified atom stereocenters. The summed E-state index contributed by atoms with van der Waals surface area (Å²) >= 11 is 12.1. The Bertz CT molecular complexity index is 953. The second kappa shape index (κ2) is 6.93. The number of nitrogens with zero attached hydrogens (tertiary/aromatic N) is 3. The summed E-state index contributed by atoms with van der Waals surface area (Å²) in [7, 11) is 1.96. The first-order chi connectivity index (χ1) is 11.4. The fourth-order valence-corrected chi connectivity index (χ4v) is 3.08. The van der Waals surface area contributed by atoms with Crippen LogP contribution in [0.2, 0.25) is 10.0 Å². The second-order valence-electron chi connectivity index (χ2n) is 5.93. The van der Waals surface area contributed by atoms with E-state index in [1.807, 2.05) is 38.2 Å². The Kier molecular flexibility index (Phi) is 4.90. The van der Waals surface area contributed by atoms with E-state index >= 15 is 0 Å². The van der Waals surface area contributed by atoms with Crippen molar-refractivity contribution in [2.24, 2.45) is 0 Å². The Morgan fingerprint density at radius 1 is 1.12 bits per heavy atom. The highest BCUT2D eigenvalue weighted by Gasteiger charge is 2.09. The molecule has 2 aromatic heterocycles. The lowest BCUT2D eigenvalue weighted by molar-refractivity contribution is 0.315. The molecule has 6 heteroatoms. The Balaban J connectivity index is 1.81. The van der Waals surface area contributed by atoms with Crippen LogP contribution in [0, 0.1) is 6.92 Å². The van der Waals surface area contributed by atoms with Crippen LogP contribution in [-0.4, -0.2) is 21.3 Å². The number of fused-ring (bicyclic) bond motifs is 1. The summed E-state index contributed by atoms with van der Waals surface area (Å²) in [4.78, 5) is 18.9. The van der Waals surface area contributed by atoms with E-state index in [0.717, 1.165) is 16.8 Å². The van der Waals surface area contributed by atoms with Gasteiger partial charge in [0.1, 0.15) is 5.65 Å². The van der Waals surface area contributed by atoms with Crippen molar-refractivity contribution in [3.05, 3.63) is 79.8 Å². The van der Waals surface area contributed by atoms with Gasteiger partial charge in [0.25, 0.3) is 5.56 Å². The van der Waals surface area contributed by atoms with Crippen molar-refractivity contribution in [2.45, 2.75) is 20.0 Å². The van der Waals surface area contributed by atoms with Crippen LogP contribution in [0.15, 0.2) is 47.4 Å². The van der Waals surface area contributed by atoms with Gasteiger partial charge >= 0.3 is 0 Å². The van der Waals surface area contributed by atoms with Gasteiger partial charge in [-0.2, -0.15) is 0 Å². The molecular weight excluding hydrogens is 345 g/mol. The molecule has 0 aliphatic heterocycles. The Hall–Kier alpha value is -1.88. The first kappa shape index (κ1) is 17.0. The van der Waals surface area contributed by atoms with Crippen molar-refractivity contribution >= 4 is 28.8 Å². The average Bonchev–Trinajstić information content (AvgIpc) is 2.51. The van der Waals surface area contributed by atoms with Crippen LogP contribution in [-0.2, 0) is 13.1 Å². The topological polar surface area (TPSA) is 37.6 Å². The number of rotatable bonds is 4. The van der Waals surface area contributed by atoms with E-state index in [1.165, 1.54) is 0 Å². The molecule has 4 nitrogen and oxygen atoms in total. The predicted octanol–water partition coefficient (Wildman–Crippen LogP) is 3.94. The molecule has 0 aliphatic carbocycles. The summed E-state index contributed by atoms with van der Waals surface area (Å²) in [5.41, 5.74) is 3.32. The molecule has 0 atom stereocenters. The molecule has 0 amide bonds. The molecule has 3 aromatic rings.